The SMILES string of the molecule is CC(C)CCN1C(=O)C(C)(C)COc2ccc(NC(=O)c3ccc4ncsc4c3)cc21. The molecule has 0 spiro atoms. The molecule has 7 heteroatoms. The first-order valence-corrected chi connectivity index (χ1v) is 11.4. The van der Waals surface area contributed by atoms with E-state index in [4.69, 9.17) is 4.74 Å². The van der Waals surface area contributed by atoms with E-state index in [-0.39, 0.29) is 11.8 Å². The van der Waals surface area contributed by atoms with Crippen LogP contribution in [-0.4, -0.2) is 29.9 Å². The number of rotatable bonds is 5. The van der Waals surface area contributed by atoms with Crippen molar-refractivity contribution in [3.8, 4) is 5.75 Å². The summed E-state index contributed by atoms with van der Waals surface area (Å²) >= 11 is 1.50. The van der Waals surface area contributed by atoms with Gasteiger partial charge in [-0.15, -0.1) is 11.3 Å². The number of nitrogens with zero attached hydrogens (tertiary/aromatic N) is 2. The summed E-state index contributed by atoms with van der Waals surface area (Å²) in [4.78, 5) is 32.2. The minimum atomic E-state index is -0.621. The third-order valence-electron chi connectivity index (χ3n) is 5.44. The van der Waals surface area contributed by atoms with E-state index in [9.17, 15) is 9.59 Å². The van der Waals surface area contributed by atoms with Crippen molar-refractivity contribution in [3.63, 3.8) is 0 Å². The van der Waals surface area contributed by atoms with E-state index < -0.39 is 5.41 Å². The van der Waals surface area contributed by atoms with Gasteiger partial charge in [0, 0.05) is 17.8 Å². The number of carbonyl (C=O) groups is 2. The minimum absolute atomic E-state index is 0.0334. The summed E-state index contributed by atoms with van der Waals surface area (Å²) in [5, 5.41) is 2.96. The smallest absolute Gasteiger partial charge is 0.255 e. The predicted octanol–water partition coefficient (Wildman–Crippen LogP) is 5.35. The second kappa shape index (κ2) is 8.30. The largest absolute Gasteiger partial charge is 0.490 e. The average Bonchev–Trinajstić information content (AvgIpc) is 3.17. The molecule has 0 aliphatic carbocycles. The third-order valence-corrected chi connectivity index (χ3v) is 6.24. The lowest BCUT2D eigenvalue weighted by Crippen LogP contribution is -2.42. The van der Waals surface area contributed by atoms with E-state index in [1.165, 1.54) is 11.3 Å². The van der Waals surface area contributed by atoms with Crippen LogP contribution in [0.25, 0.3) is 10.2 Å². The highest BCUT2D eigenvalue weighted by molar-refractivity contribution is 7.16. The molecule has 0 radical (unpaired) electrons. The van der Waals surface area contributed by atoms with Gasteiger partial charge in [-0.25, -0.2) is 4.98 Å². The van der Waals surface area contributed by atoms with Crippen molar-refractivity contribution < 1.29 is 14.3 Å². The number of thiazole rings is 1. The van der Waals surface area contributed by atoms with Crippen LogP contribution in [0.2, 0.25) is 0 Å². The molecule has 31 heavy (non-hydrogen) atoms. The van der Waals surface area contributed by atoms with Crippen molar-refractivity contribution in [3.05, 3.63) is 47.5 Å². The first-order chi connectivity index (χ1) is 14.7. The number of ether oxygens (including phenoxy) is 1. The highest BCUT2D eigenvalue weighted by Gasteiger charge is 2.37. The van der Waals surface area contributed by atoms with E-state index in [0.29, 0.717) is 41.8 Å². The molecule has 2 aromatic carbocycles. The lowest BCUT2D eigenvalue weighted by molar-refractivity contribution is -0.127. The van der Waals surface area contributed by atoms with Crippen LogP contribution in [0.1, 0.15) is 44.5 Å². The highest BCUT2D eigenvalue weighted by Crippen LogP contribution is 2.38. The van der Waals surface area contributed by atoms with E-state index >= 15 is 0 Å². The lowest BCUT2D eigenvalue weighted by atomic mass is 9.92. The summed E-state index contributed by atoms with van der Waals surface area (Å²) in [7, 11) is 0. The fourth-order valence-electron chi connectivity index (χ4n) is 3.53. The van der Waals surface area contributed by atoms with Gasteiger partial charge in [-0.1, -0.05) is 13.8 Å². The molecule has 0 bridgehead atoms. The van der Waals surface area contributed by atoms with Crippen molar-refractivity contribution in [2.24, 2.45) is 11.3 Å². The van der Waals surface area contributed by atoms with Crippen LogP contribution in [-0.2, 0) is 4.79 Å². The van der Waals surface area contributed by atoms with Crippen molar-refractivity contribution in [1.29, 1.82) is 0 Å². The van der Waals surface area contributed by atoms with Crippen LogP contribution in [0, 0.1) is 11.3 Å². The Morgan fingerprint density at radius 2 is 2.06 bits per heavy atom. The van der Waals surface area contributed by atoms with Gasteiger partial charge in [-0.05, 0) is 62.6 Å². The van der Waals surface area contributed by atoms with Crippen LogP contribution in [0.15, 0.2) is 41.9 Å². The maximum absolute atomic E-state index is 13.3. The molecule has 1 N–H and O–H groups in total. The van der Waals surface area contributed by atoms with Crippen molar-refractivity contribution in [2.45, 2.75) is 34.1 Å². The molecule has 1 aliphatic rings. The van der Waals surface area contributed by atoms with Gasteiger partial charge < -0.3 is 15.0 Å². The molecule has 4 rings (SSSR count). The molecule has 162 valence electrons. The van der Waals surface area contributed by atoms with Crippen LogP contribution in [0.4, 0.5) is 11.4 Å². The zero-order valence-electron chi connectivity index (χ0n) is 18.3. The van der Waals surface area contributed by atoms with Gasteiger partial charge in [0.1, 0.15) is 12.4 Å². The summed E-state index contributed by atoms with van der Waals surface area (Å²) in [5.41, 5.74) is 3.92. The van der Waals surface area contributed by atoms with Gasteiger partial charge in [0.05, 0.1) is 26.8 Å². The van der Waals surface area contributed by atoms with Crippen LogP contribution < -0.4 is 15.0 Å². The number of anilines is 2. The Kier molecular flexibility index (Phi) is 5.71. The van der Waals surface area contributed by atoms with E-state index in [0.717, 1.165) is 16.6 Å². The molecule has 0 saturated carbocycles. The Morgan fingerprint density at radius 1 is 1.26 bits per heavy atom. The topological polar surface area (TPSA) is 71.5 Å². The van der Waals surface area contributed by atoms with Crippen LogP contribution >= 0.6 is 11.3 Å². The zero-order valence-corrected chi connectivity index (χ0v) is 19.1. The molecule has 6 nitrogen and oxygen atoms in total. The number of amides is 2. The molecular formula is C24H27N3O3S. The molecule has 2 amide bonds. The van der Waals surface area contributed by atoms with Gasteiger partial charge in [-0.2, -0.15) is 0 Å². The Morgan fingerprint density at radius 3 is 2.84 bits per heavy atom. The summed E-state index contributed by atoms with van der Waals surface area (Å²) in [5.74, 6) is 0.955. The Balaban J connectivity index is 1.63. The number of hydrogen-bond acceptors (Lipinski definition) is 5. The van der Waals surface area contributed by atoms with Crippen molar-refractivity contribution in [2.75, 3.05) is 23.4 Å². The number of carbonyl (C=O) groups excluding carboxylic acids is 2. The summed E-state index contributed by atoms with van der Waals surface area (Å²) in [6.07, 6.45) is 0.882. The van der Waals surface area contributed by atoms with Gasteiger partial charge in [-0.3, -0.25) is 9.59 Å². The summed E-state index contributed by atoms with van der Waals surface area (Å²) in [6.45, 7) is 9.01. The molecule has 0 saturated heterocycles. The van der Waals surface area contributed by atoms with E-state index in [1.807, 2.05) is 44.2 Å². The first kappa shape index (κ1) is 21.3. The molecular weight excluding hydrogens is 410 g/mol. The van der Waals surface area contributed by atoms with Gasteiger partial charge in [0.25, 0.3) is 5.91 Å². The van der Waals surface area contributed by atoms with Gasteiger partial charge in [0.2, 0.25) is 5.91 Å². The summed E-state index contributed by atoms with van der Waals surface area (Å²) in [6, 6.07) is 10.9. The van der Waals surface area contributed by atoms with Gasteiger partial charge >= 0.3 is 0 Å². The van der Waals surface area contributed by atoms with Crippen molar-refractivity contribution >= 4 is 44.7 Å². The Hall–Kier alpha value is -2.93. The maximum Gasteiger partial charge on any atom is 0.255 e. The molecule has 2 heterocycles. The second-order valence-electron chi connectivity index (χ2n) is 8.98. The Bertz CT molecular complexity index is 1140. The van der Waals surface area contributed by atoms with E-state index in [1.54, 1.807) is 16.5 Å². The Labute approximate surface area is 186 Å². The minimum Gasteiger partial charge on any atom is -0.490 e. The maximum atomic E-state index is 13.3. The molecule has 1 aromatic heterocycles. The highest BCUT2D eigenvalue weighted by atomic mass is 32.1. The monoisotopic (exact) mass is 437 g/mol. The predicted molar refractivity (Wildman–Crippen MR) is 125 cm³/mol. The lowest BCUT2D eigenvalue weighted by Gasteiger charge is -2.28. The number of nitrogens with one attached hydrogen (secondary N) is 1. The standard InChI is InChI=1S/C24H27N3O3S/c1-15(2)9-10-27-19-12-17(6-8-20(19)30-13-24(3,4)23(27)29)26-22(28)16-5-7-18-21(11-16)31-14-25-18/h5-8,11-12,14-15H,9-10,13H2,1-4H3,(H,26,28). The third kappa shape index (κ3) is 4.42. The van der Waals surface area contributed by atoms with Gasteiger partial charge in [0.15, 0.2) is 0 Å². The molecule has 0 fully saturated rings. The molecule has 3 aromatic rings. The molecule has 0 atom stereocenters. The zero-order chi connectivity index (χ0) is 22.2. The number of aromatic nitrogens is 1. The van der Waals surface area contributed by atoms with Crippen molar-refractivity contribution in [1.82, 2.24) is 4.98 Å². The fraction of sp³-hybridized carbons (Fsp3) is 0.375. The summed E-state index contributed by atoms with van der Waals surface area (Å²) < 4.78 is 6.94. The van der Waals surface area contributed by atoms with E-state index in [2.05, 4.69) is 24.1 Å². The second-order valence-corrected chi connectivity index (χ2v) is 9.87. The molecule has 1 aliphatic heterocycles. The number of hydrogen-bond donors (Lipinski definition) is 1. The number of fused-ring (bicyclic) bond motifs is 2. The quantitative estimate of drug-likeness (QED) is 0.584. The molecule has 0 unspecified atom stereocenters. The number of benzene rings is 2. The average molecular weight is 438 g/mol. The van der Waals surface area contributed by atoms with Crippen LogP contribution in [0.3, 0.4) is 0 Å². The first-order valence-electron chi connectivity index (χ1n) is 10.5. The van der Waals surface area contributed by atoms with Crippen LogP contribution in [0.5, 0.6) is 5.75 Å². The normalized spacial score (nSPS) is 15.5. The fourth-order valence-corrected chi connectivity index (χ4v) is 4.25.